The summed E-state index contributed by atoms with van der Waals surface area (Å²) < 4.78 is 5.61. The molecule has 0 aliphatic carbocycles. The third-order valence-corrected chi connectivity index (χ3v) is 3.71. The van der Waals surface area contributed by atoms with Crippen LogP contribution in [0.25, 0.3) is 0 Å². The third-order valence-electron chi connectivity index (χ3n) is 3.71. The molecule has 1 aromatic heterocycles. The normalized spacial score (nSPS) is 17.8. The molecular weight excluding hydrogens is 264 g/mol. The van der Waals surface area contributed by atoms with Crippen LogP contribution in [-0.2, 0) is 11.2 Å². The lowest BCUT2D eigenvalue weighted by Gasteiger charge is -2.43. The van der Waals surface area contributed by atoms with Crippen LogP contribution >= 0.6 is 0 Å². The summed E-state index contributed by atoms with van der Waals surface area (Å²) in [6.45, 7) is 12.0. The lowest BCUT2D eigenvalue weighted by Crippen LogP contribution is -2.53. The lowest BCUT2D eigenvalue weighted by molar-refractivity contribution is 0.0639. The molecule has 5 nitrogen and oxygen atoms in total. The summed E-state index contributed by atoms with van der Waals surface area (Å²) in [6.07, 6.45) is 3.06. The molecule has 0 unspecified atom stereocenters. The van der Waals surface area contributed by atoms with Gasteiger partial charge in [0.15, 0.2) is 0 Å². The van der Waals surface area contributed by atoms with Gasteiger partial charge >= 0.3 is 0 Å². The Hall–Kier alpha value is -1.36. The molecule has 1 aliphatic heterocycles. The zero-order valence-corrected chi connectivity index (χ0v) is 13.8. The molecule has 0 amide bonds. The van der Waals surface area contributed by atoms with E-state index in [-0.39, 0.29) is 5.54 Å². The van der Waals surface area contributed by atoms with Crippen molar-refractivity contribution in [2.45, 2.75) is 52.5 Å². The summed E-state index contributed by atoms with van der Waals surface area (Å²) in [6, 6.07) is 2.07. The molecular formula is C16H28N4O. The Labute approximate surface area is 128 Å². The Morgan fingerprint density at radius 3 is 2.76 bits per heavy atom. The van der Waals surface area contributed by atoms with Crippen LogP contribution in [0.5, 0.6) is 0 Å². The fourth-order valence-corrected chi connectivity index (χ4v) is 2.58. The van der Waals surface area contributed by atoms with Crippen LogP contribution in [-0.4, -0.2) is 41.8 Å². The first-order valence-electron chi connectivity index (χ1n) is 8.04. The minimum atomic E-state index is -0.0296. The fourth-order valence-electron chi connectivity index (χ4n) is 2.58. The second-order valence-corrected chi connectivity index (χ2v) is 6.22. The number of nitrogens with one attached hydrogen (secondary N) is 1. The molecule has 0 spiro atoms. The largest absolute Gasteiger partial charge is 0.377 e. The first kappa shape index (κ1) is 16.0. The minimum absolute atomic E-state index is 0.0296. The highest BCUT2D eigenvalue weighted by molar-refractivity contribution is 5.51. The van der Waals surface area contributed by atoms with Crippen molar-refractivity contribution in [2.24, 2.45) is 0 Å². The van der Waals surface area contributed by atoms with Crippen LogP contribution in [0.3, 0.4) is 0 Å². The molecule has 118 valence electrons. The van der Waals surface area contributed by atoms with Crippen LogP contribution in [0.4, 0.5) is 11.6 Å². The molecule has 2 rings (SSSR count). The van der Waals surface area contributed by atoms with E-state index in [0.29, 0.717) is 0 Å². The quantitative estimate of drug-likeness (QED) is 0.873. The van der Waals surface area contributed by atoms with E-state index in [0.717, 1.165) is 63.0 Å². The maximum atomic E-state index is 5.61. The van der Waals surface area contributed by atoms with E-state index in [1.807, 2.05) is 0 Å². The highest BCUT2D eigenvalue weighted by Crippen LogP contribution is 2.27. The predicted octanol–water partition coefficient (Wildman–Crippen LogP) is 2.87. The Morgan fingerprint density at radius 2 is 2.10 bits per heavy atom. The van der Waals surface area contributed by atoms with Gasteiger partial charge in [0.25, 0.3) is 0 Å². The van der Waals surface area contributed by atoms with Gasteiger partial charge in [0, 0.05) is 25.6 Å². The average Bonchev–Trinajstić information content (AvgIpc) is 2.44. The summed E-state index contributed by atoms with van der Waals surface area (Å²) in [5.41, 5.74) is -0.0296. The van der Waals surface area contributed by atoms with Gasteiger partial charge in [-0.05, 0) is 26.7 Å². The van der Waals surface area contributed by atoms with Crippen molar-refractivity contribution in [3.63, 3.8) is 0 Å². The van der Waals surface area contributed by atoms with Gasteiger partial charge in [-0.25, -0.2) is 9.97 Å². The zero-order valence-electron chi connectivity index (χ0n) is 13.8. The van der Waals surface area contributed by atoms with Gasteiger partial charge in [-0.15, -0.1) is 0 Å². The van der Waals surface area contributed by atoms with Crippen molar-refractivity contribution in [2.75, 3.05) is 36.5 Å². The minimum Gasteiger partial charge on any atom is -0.377 e. The molecule has 1 saturated heterocycles. The van der Waals surface area contributed by atoms with Gasteiger partial charge < -0.3 is 15.0 Å². The van der Waals surface area contributed by atoms with Gasteiger partial charge in [0.1, 0.15) is 17.5 Å². The molecule has 1 fully saturated rings. The smallest absolute Gasteiger partial charge is 0.135 e. The molecule has 0 aromatic carbocycles. The molecule has 0 bridgehead atoms. The van der Waals surface area contributed by atoms with Crippen molar-refractivity contribution in [1.82, 2.24) is 9.97 Å². The number of aryl methyl sites for hydroxylation is 1. The molecule has 2 heterocycles. The monoisotopic (exact) mass is 292 g/mol. The topological polar surface area (TPSA) is 50.3 Å². The number of hydrogen-bond donors (Lipinski definition) is 1. The summed E-state index contributed by atoms with van der Waals surface area (Å²) in [7, 11) is 0. The van der Waals surface area contributed by atoms with E-state index in [1.54, 1.807) is 0 Å². The van der Waals surface area contributed by atoms with Gasteiger partial charge in [-0.1, -0.05) is 13.8 Å². The lowest BCUT2D eigenvalue weighted by atomic mass is 10.0. The summed E-state index contributed by atoms with van der Waals surface area (Å²) in [4.78, 5) is 11.7. The van der Waals surface area contributed by atoms with Crippen LogP contribution < -0.4 is 10.2 Å². The van der Waals surface area contributed by atoms with E-state index in [9.17, 15) is 0 Å². The number of rotatable bonds is 6. The molecule has 21 heavy (non-hydrogen) atoms. The van der Waals surface area contributed by atoms with E-state index < -0.39 is 0 Å². The van der Waals surface area contributed by atoms with Crippen molar-refractivity contribution in [3.8, 4) is 0 Å². The number of morpholine rings is 1. The fraction of sp³-hybridized carbons (Fsp3) is 0.750. The number of aromatic nitrogens is 2. The van der Waals surface area contributed by atoms with Crippen molar-refractivity contribution >= 4 is 11.6 Å². The second kappa shape index (κ2) is 7.07. The molecule has 0 atom stereocenters. The Kier molecular flexibility index (Phi) is 5.39. The summed E-state index contributed by atoms with van der Waals surface area (Å²) in [5, 5.41) is 3.39. The maximum Gasteiger partial charge on any atom is 0.135 e. The van der Waals surface area contributed by atoms with Crippen molar-refractivity contribution in [3.05, 3.63) is 11.9 Å². The molecule has 1 N–H and O–H groups in total. The number of nitrogens with zero attached hydrogens (tertiary/aromatic N) is 3. The number of hydrogen-bond acceptors (Lipinski definition) is 5. The zero-order chi connectivity index (χ0) is 15.3. The standard InChI is InChI=1S/C16H28N4O/c1-5-7-13-18-14(17-8-6-2)11-15(19-13)20-9-10-21-12-16(20,3)4/h11H,5-10,12H2,1-4H3,(H,17,18,19). The van der Waals surface area contributed by atoms with E-state index in [1.165, 1.54) is 0 Å². The summed E-state index contributed by atoms with van der Waals surface area (Å²) in [5.74, 6) is 2.88. The van der Waals surface area contributed by atoms with Crippen molar-refractivity contribution in [1.29, 1.82) is 0 Å². The molecule has 0 saturated carbocycles. The number of anilines is 2. The highest BCUT2D eigenvalue weighted by atomic mass is 16.5. The Bertz CT molecular complexity index is 462. The second-order valence-electron chi connectivity index (χ2n) is 6.22. The van der Waals surface area contributed by atoms with E-state index in [2.05, 4.69) is 49.0 Å². The maximum absolute atomic E-state index is 5.61. The van der Waals surface area contributed by atoms with E-state index >= 15 is 0 Å². The van der Waals surface area contributed by atoms with Gasteiger partial charge in [-0.2, -0.15) is 0 Å². The van der Waals surface area contributed by atoms with Crippen LogP contribution in [0.1, 0.15) is 46.4 Å². The Morgan fingerprint density at radius 1 is 1.29 bits per heavy atom. The first-order chi connectivity index (χ1) is 10.1. The van der Waals surface area contributed by atoms with Crippen LogP contribution in [0.2, 0.25) is 0 Å². The molecule has 1 aliphatic rings. The van der Waals surface area contributed by atoms with Crippen molar-refractivity contribution < 1.29 is 4.74 Å². The molecule has 0 radical (unpaired) electrons. The Balaban J connectivity index is 2.29. The molecule has 1 aromatic rings. The predicted molar refractivity (Wildman–Crippen MR) is 87.1 cm³/mol. The summed E-state index contributed by atoms with van der Waals surface area (Å²) >= 11 is 0. The van der Waals surface area contributed by atoms with Gasteiger partial charge in [0.05, 0.1) is 18.8 Å². The van der Waals surface area contributed by atoms with Crippen LogP contribution in [0.15, 0.2) is 6.07 Å². The number of ether oxygens (including phenoxy) is 1. The SMILES string of the molecule is CCCNc1cc(N2CCOCC2(C)C)nc(CCC)n1. The van der Waals surface area contributed by atoms with Gasteiger partial charge in [-0.3, -0.25) is 0 Å². The first-order valence-corrected chi connectivity index (χ1v) is 8.04. The van der Waals surface area contributed by atoms with Gasteiger partial charge in [0.2, 0.25) is 0 Å². The van der Waals surface area contributed by atoms with Crippen LogP contribution in [0, 0.1) is 0 Å². The van der Waals surface area contributed by atoms with E-state index in [4.69, 9.17) is 9.72 Å². The average molecular weight is 292 g/mol. The molecule has 5 heteroatoms. The third kappa shape index (κ3) is 4.06. The highest BCUT2D eigenvalue weighted by Gasteiger charge is 2.32.